The van der Waals surface area contributed by atoms with E-state index < -0.39 is 29.8 Å². The van der Waals surface area contributed by atoms with Crippen LogP contribution in [0.1, 0.15) is 35.3 Å². The Kier molecular flexibility index (Phi) is 7.23. The summed E-state index contributed by atoms with van der Waals surface area (Å²) in [5, 5.41) is 17.8. The maximum atomic E-state index is 14.1. The monoisotopic (exact) mass is 486 g/mol. The molecule has 2 atom stereocenters. The molecule has 3 aromatic rings. The molecule has 0 radical (unpaired) electrons. The zero-order valence-electron chi connectivity index (χ0n) is 18.3. The van der Waals surface area contributed by atoms with Crippen molar-refractivity contribution in [3.8, 4) is 0 Å². The molecule has 1 heterocycles. The molecular formula is C24H24ClFN4O4. The van der Waals surface area contributed by atoms with E-state index >= 15 is 0 Å². The van der Waals surface area contributed by atoms with Crippen molar-refractivity contribution in [3.63, 3.8) is 0 Å². The summed E-state index contributed by atoms with van der Waals surface area (Å²) in [6, 6.07) is 11.0. The highest BCUT2D eigenvalue weighted by Crippen LogP contribution is 2.25. The highest BCUT2D eigenvalue weighted by atomic mass is 35.5. The zero-order chi connectivity index (χ0) is 24.2. The zero-order valence-corrected chi connectivity index (χ0v) is 19.0. The van der Waals surface area contributed by atoms with E-state index in [0.29, 0.717) is 30.0 Å². The minimum atomic E-state index is -0.748. The number of nitrogens with zero attached hydrogens (tertiary/aromatic N) is 3. The molecule has 8 nitrogen and oxygen atoms in total. The van der Waals surface area contributed by atoms with E-state index in [1.54, 1.807) is 30.3 Å². The number of aldehydes is 1. The Morgan fingerprint density at radius 2 is 2.03 bits per heavy atom. The molecule has 1 saturated carbocycles. The molecule has 0 spiro atoms. The Hall–Kier alpha value is -3.30. The van der Waals surface area contributed by atoms with E-state index in [4.69, 9.17) is 11.6 Å². The van der Waals surface area contributed by atoms with Crippen LogP contribution in [-0.2, 0) is 22.7 Å². The molecule has 1 aliphatic rings. The van der Waals surface area contributed by atoms with Crippen molar-refractivity contribution in [2.75, 3.05) is 6.54 Å². The van der Waals surface area contributed by atoms with E-state index in [1.807, 2.05) is 0 Å². The number of rotatable bonds is 8. The van der Waals surface area contributed by atoms with Crippen LogP contribution in [0.25, 0.3) is 10.9 Å². The van der Waals surface area contributed by atoms with Gasteiger partial charge in [0.25, 0.3) is 0 Å². The Labute approximate surface area is 200 Å². The third-order valence-corrected chi connectivity index (χ3v) is 6.36. The van der Waals surface area contributed by atoms with Gasteiger partial charge in [-0.3, -0.25) is 19.1 Å². The standard InChI is InChI=1S/C24H24ClFN4O4/c25-17-7-3-5-15(24(17)26)11-27-22(33)12-29(20-9-4-10-21(20)32)23(34)13-30-19-8-2-1-6-16(19)18(14-31)28-30/h1-3,5-8,14,20-21,32H,4,9-13H2,(H,27,33). The number of nitrogens with one attached hydrogen (secondary N) is 1. The van der Waals surface area contributed by atoms with Crippen LogP contribution < -0.4 is 5.32 Å². The van der Waals surface area contributed by atoms with Crippen LogP contribution >= 0.6 is 11.6 Å². The second-order valence-corrected chi connectivity index (χ2v) is 8.66. The average Bonchev–Trinajstić information content (AvgIpc) is 3.41. The first kappa shape index (κ1) is 23.8. The minimum Gasteiger partial charge on any atom is -0.391 e. The summed E-state index contributed by atoms with van der Waals surface area (Å²) in [5.74, 6) is -1.52. The SMILES string of the molecule is O=Cc1nn(CC(=O)N(CC(=O)NCc2cccc(Cl)c2F)C2CCCC2O)c2ccccc12. The number of fused-ring (bicyclic) bond motifs is 1. The van der Waals surface area contributed by atoms with Crippen molar-refractivity contribution < 1.29 is 23.9 Å². The minimum absolute atomic E-state index is 0.0428. The van der Waals surface area contributed by atoms with Crippen LogP contribution in [0.2, 0.25) is 5.02 Å². The summed E-state index contributed by atoms with van der Waals surface area (Å²) in [7, 11) is 0. The number of amides is 2. The lowest BCUT2D eigenvalue weighted by molar-refractivity contribution is -0.140. The van der Waals surface area contributed by atoms with Crippen molar-refractivity contribution in [3.05, 3.63) is 64.6 Å². The van der Waals surface area contributed by atoms with Gasteiger partial charge in [0.1, 0.15) is 18.1 Å². The van der Waals surface area contributed by atoms with Gasteiger partial charge in [-0.2, -0.15) is 5.10 Å². The van der Waals surface area contributed by atoms with Gasteiger partial charge in [0.2, 0.25) is 11.8 Å². The number of hydrogen-bond acceptors (Lipinski definition) is 5. The van der Waals surface area contributed by atoms with Crippen LogP contribution in [-0.4, -0.2) is 56.6 Å². The van der Waals surface area contributed by atoms with Gasteiger partial charge < -0.3 is 15.3 Å². The van der Waals surface area contributed by atoms with Crippen molar-refractivity contribution in [1.29, 1.82) is 0 Å². The number of benzene rings is 2. The van der Waals surface area contributed by atoms with Gasteiger partial charge in [0, 0.05) is 17.5 Å². The number of carbonyl (C=O) groups excluding carboxylic acids is 3. The predicted molar refractivity (Wildman–Crippen MR) is 124 cm³/mol. The van der Waals surface area contributed by atoms with Crippen molar-refractivity contribution in [1.82, 2.24) is 20.0 Å². The van der Waals surface area contributed by atoms with Gasteiger partial charge in [-0.1, -0.05) is 41.9 Å². The van der Waals surface area contributed by atoms with Crippen molar-refractivity contribution in [2.45, 2.75) is 44.5 Å². The Bertz CT molecular complexity index is 1230. The van der Waals surface area contributed by atoms with E-state index in [2.05, 4.69) is 10.4 Å². The Morgan fingerprint density at radius 3 is 2.76 bits per heavy atom. The largest absolute Gasteiger partial charge is 0.391 e. The molecule has 0 bridgehead atoms. The number of carbonyl (C=O) groups is 3. The molecule has 2 amide bonds. The lowest BCUT2D eigenvalue weighted by Crippen LogP contribution is -2.50. The summed E-state index contributed by atoms with van der Waals surface area (Å²) in [4.78, 5) is 38.7. The summed E-state index contributed by atoms with van der Waals surface area (Å²) < 4.78 is 15.6. The normalized spacial score (nSPS) is 17.6. The highest BCUT2D eigenvalue weighted by Gasteiger charge is 2.35. The number of aliphatic hydroxyl groups is 1. The van der Waals surface area contributed by atoms with Crippen molar-refractivity contribution in [2.24, 2.45) is 0 Å². The molecule has 0 aliphatic heterocycles. The van der Waals surface area contributed by atoms with Crippen LogP contribution in [0.5, 0.6) is 0 Å². The molecule has 2 unspecified atom stereocenters. The molecule has 1 aliphatic carbocycles. The maximum absolute atomic E-state index is 14.1. The average molecular weight is 487 g/mol. The van der Waals surface area contributed by atoms with Gasteiger partial charge in [0.05, 0.1) is 29.2 Å². The van der Waals surface area contributed by atoms with Crippen LogP contribution in [0.4, 0.5) is 4.39 Å². The van der Waals surface area contributed by atoms with Gasteiger partial charge in [0.15, 0.2) is 6.29 Å². The number of aromatic nitrogens is 2. The fraction of sp³-hybridized carbons (Fsp3) is 0.333. The smallest absolute Gasteiger partial charge is 0.245 e. The molecule has 1 aromatic heterocycles. The van der Waals surface area contributed by atoms with Crippen LogP contribution in [0, 0.1) is 5.82 Å². The summed E-state index contributed by atoms with van der Waals surface area (Å²) in [6.07, 6.45) is 1.70. The molecule has 2 N–H and O–H groups in total. The van der Waals surface area contributed by atoms with E-state index in [-0.39, 0.29) is 35.9 Å². The van der Waals surface area contributed by atoms with Crippen molar-refractivity contribution >= 4 is 40.6 Å². The highest BCUT2D eigenvalue weighted by molar-refractivity contribution is 6.30. The number of hydrogen-bond donors (Lipinski definition) is 2. The lowest BCUT2D eigenvalue weighted by Gasteiger charge is -2.30. The topological polar surface area (TPSA) is 105 Å². The van der Waals surface area contributed by atoms with Crippen LogP contribution in [0.15, 0.2) is 42.5 Å². The fourth-order valence-corrected chi connectivity index (χ4v) is 4.54. The van der Waals surface area contributed by atoms with Gasteiger partial charge >= 0.3 is 0 Å². The van der Waals surface area contributed by atoms with Gasteiger partial charge in [-0.05, 0) is 31.4 Å². The number of aliphatic hydroxyl groups excluding tert-OH is 1. The Balaban J connectivity index is 1.51. The molecule has 2 aromatic carbocycles. The Morgan fingerprint density at radius 1 is 1.24 bits per heavy atom. The molecule has 10 heteroatoms. The van der Waals surface area contributed by atoms with Gasteiger partial charge in [-0.25, -0.2) is 4.39 Å². The molecule has 0 saturated heterocycles. The second-order valence-electron chi connectivity index (χ2n) is 8.25. The quantitative estimate of drug-likeness (QED) is 0.476. The summed E-state index contributed by atoms with van der Waals surface area (Å²) in [6.45, 7) is -0.594. The van der Waals surface area contributed by atoms with E-state index in [0.717, 1.165) is 6.42 Å². The lowest BCUT2D eigenvalue weighted by atomic mass is 10.1. The predicted octanol–water partition coefficient (Wildman–Crippen LogP) is 2.70. The van der Waals surface area contributed by atoms with E-state index in [1.165, 1.54) is 21.7 Å². The van der Waals surface area contributed by atoms with Gasteiger partial charge in [-0.15, -0.1) is 0 Å². The third-order valence-electron chi connectivity index (χ3n) is 6.07. The van der Waals surface area contributed by atoms with E-state index in [9.17, 15) is 23.9 Å². The molecule has 1 fully saturated rings. The molecular weight excluding hydrogens is 463 g/mol. The molecule has 4 rings (SSSR count). The molecule has 178 valence electrons. The molecule has 34 heavy (non-hydrogen) atoms. The number of para-hydroxylation sites is 1. The summed E-state index contributed by atoms with van der Waals surface area (Å²) >= 11 is 5.79. The number of halogens is 2. The fourth-order valence-electron chi connectivity index (χ4n) is 4.34. The first-order chi connectivity index (χ1) is 16.4. The third kappa shape index (κ3) is 4.95. The first-order valence-corrected chi connectivity index (χ1v) is 11.3. The summed E-state index contributed by atoms with van der Waals surface area (Å²) in [5.41, 5.74) is 1.06. The van der Waals surface area contributed by atoms with Crippen LogP contribution in [0.3, 0.4) is 0 Å². The first-order valence-electron chi connectivity index (χ1n) is 11.0. The second kappa shape index (κ2) is 10.3. The maximum Gasteiger partial charge on any atom is 0.245 e.